The van der Waals surface area contributed by atoms with Crippen molar-refractivity contribution in [3.63, 3.8) is 0 Å². The summed E-state index contributed by atoms with van der Waals surface area (Å²) in [7, 11) is 0. The van der Waals surface area contributed by atoms with Gasteiger partial charge in [-0.1, -0.05) is 12.1 Å². The van der Waals surface area contributed by atoms with Crippen LogP contribution in [0, 0.1) is 6.92 Å². The van der Waals surface area contributed by atoms with Crippen molar-refractivity contribution in [1.29, 1.82) is 0 Å². The number of aryl methyl sites for hydroxylation is 1. The van der Waals surface area contributed by atoms with Crippen LogP contribution in [0.25, 0.3) is 16.6 Å². The minimum Gasteiger partial charge on any atom is -0.336 e. The predicted octanol–water partition coefficient (Wildman–Crippen LogP) is 2.14. The van der Waals surface area contributed by atoms with E-state index in [1.54, 1.807) is 6.92 Å². The zero-order chi connectivity index (χ0) is 18.4. The van der Waals surface area contributed by atoms with Crippen molar-refractivity contribution in [2.75, 3.05) is 0 Å². The van der Waals surface area contributed by atoms with Crippen LogP contribution in [0.15, 0.2) is 29.1 Å². The summed E-state index contributed by atoms with van der Waals surface area (Å²) in [4.78, 5) is 32.1. The van der Waals surface area contributed by atoms with Crippen LogP contribution in [-0.2, 0) is 11.3 Å². The number of hydrogen-bond donors (Lipinski definition) is 0. The molecule has 1 amide bonds. The molecular formula is C19H23N5O2. The molecule has 1 aliphatic heterocycles. The Hall–Kier alpha value is -2.70. The Morgan fingerprint density at radius 2 is 1.88 bits per heavy atom. The smallest absolute Gasteiger partial charge is 0.336 e. The van der Waals surface area contributed by atoms with Crippen molar-refractivity contribution in [2.45, 2.75) is 58.7 Å². The van der Waals surface area contributed by atoms with Gasteiger partial charge in [0.05, 0.1) is 5.52 Å². The Morgan fingerprint density at radius 1 is 1.19 bits per heavy atom. The van der Waals surface area contributed by atoms with E-state index < -0.39 is 0 Å². The summed E-state index contributed by atoms with van der Waals surface area (Å²) >= 11 is 0. The van der Waals surface area contributed by atoms with Crippen molar-refractivity contribution in [1.82, 2.24) is 24.1 Å². The number of rotatable bonds is 2. The van der Waals surface area contributed by atoms with Crippen molar-refractivity contribution in [2.24, 2.45) is 0 Å². The number of benzene rings is 1. The van der Waals surface area contributed by atoms with E-state index in [-0.39, 0.29) is 30.2 Å². The van der Waals surface area contributed by atoms with Crippen LogP contribution in [0.5, 0.6) is 0 Å². The molecule has 0 spiro atoms. The Balaban J connectivity index is 1.77. The zero-order valence-electron chi connectivity index (χ0n) is 15.3. The Bertz CT molecular complexity index is 1040. The van der Waals surface area contributed by atoms with Gasteiger partial charge in [-0.2, -0.15) is 0 Å². The molecule has 26 heavy (non-hydrogen) atoms. The van der Waals surface area contributed by atoms with Gasteiger partial charge in [-0.05, 0) is 52.2 Å². The number of piperidine rings is 1. The highest BCUT2D eigenvalue weighted by Crippen LogP contribution is 2.23. The monoisotopic (exact) mass is 353 g/mol. The molecule has 1 fully saturated rings. The van der Waals surface area contributed by atoms with E-state index in [1.807, 2.05) is 29.2 Å². The molecule has 0 aliphatic carbocycles. The fourth-order valence-electron chi connectivity index (χ4n) is 4.08. The van der Waals surface area contributed by atoms with Crippen LogP contribution >= 0.6 is 0 Å². The maximum atomic E-state index is 12.9. The van der Waals surface area contributed by atoms with Gasteiger partial charge in [0.2, 0.25) is 5.91 Å². The summed E-state index contributed by atoms with van der Waals surface area (Å²) < 4.78 is 2.76. The molecule has 0 unspecified atom stereocenters. The van der Waals surface area contributed by atoms with Crippen LogP contribution in [0.3, 0.4) is 0 Å². The average Bonchev–Trinajstić information content (AvgIpc) is 2.92. The molecule has 1 aromatic carbocycles. The Morgan fingerprint density at radius 3 is 2.62 bits per heavy atom. The van der Waals surface area contributed by atoms with Gasteiger partial charge in [0, 0.05) is 17.5 Å². The van der Waals surface area contributed by atoms with Gasteiger partial charge < -0.3 is 4.90 Å². The van der Waals surface area contributed by atoms with E-state index in [0.29, 0.717) is 11.5 Å². The van der Waals surface area contributed by atoms with E-state index in [9.17, 15) is 9.59 Å². The highest BCUT2D eigenvalue weighted by molar-refractivity contribution is 5.91. The fourth-order valence-corrected chi connectivity index (χ4v) is 4.08. The standard InChI is InChI=1S/C19H23N5O2/c1-12-7-6-8-13(2)23(12)17(25)11-22-19(26)24-14(3)20-16-10-5-4-9-15(16)18(24)21-22/h4-5,9-10,12-13H,6-8,11H2,1-3H3/t12-,13+. The number of fused-ring (bicyclic) bond motifs is 3. The highest BCUT2D eigenvalue weighted by Gasteiger charge is 2.29. The third-order valence-corrected chi connectivity index (χ3v) is 5.36. The van der Waals surface area contributed by atoms with Crippen LogP contribution in [0.2, 0.25) is 0 Å². The molecule has 0 bridgehead atoms. The molecule has 1 aliphatic rings. The van der Waals surface area contributed by atoms with Gasteiger partial charge in [-0.15, -0.1) is 5.10 Å². The molecular weight excluding hydrogens is 330 g/mol. The summed E-state index contributed by atoms with van der Waals surface area (Å²) in [5, 5.41) is 5.27. The number of hydrogen-bond acceptors (Lipinski definition) is 4. The van der Waals surface area contributed by atoms with Crippen LogP contribution in [0.4, 0.5) is 0 Å². The van der Waals surface area contributed by atoms with E-state index in [1.165, 1.54) is 9.08 Å². The van der Waals surface area contributed by atoms with E-state index in [0.717, 1.165) is 30.2 Å². The first-order valence-corrected chi connectivity index (χ1v) is 9.13. The first kappa shape index (κ1) is 16.8. The van der Waals surface area contributed by atoms with Gasteiger partial charge in [0.15, 0.2) is 5.65 Å². The molecule has 2 aromatic heterocycles. The van der Waals surface area contributed by atoms with Gasteiger partial charge in [-0.3, -0.25) is 4.79 Å². The highest BCUT2D eigenvalue weighted by atomic mass is 16.2. The summed E-state index contributed by atoms with van der Waals surface area (Å²) in [6.45, 7) is 5.88. The molecule has 0 saturated carbocycles. The van der Waals surface area contributed by atoms with E-state index in [2.05, 4.69) is 23.9 Å². The summed E-state index contributed by atoms with van der Waals surface area (Å²) in [6.07, 6.45) is 3.14. The van der Waals surface area contributed by atoms with Crippen LogP contribution < -0.4 is 5.69 Å². The van der Waals surface area contributed by atoms with Crippen molar-refractivity contribution < 1.29 is 4.79 Å². The molecule has 0 N–H and O–H groups in total. The lowest BCUT2D eigenvalue weighted by molar-refractivity contribution is -0.138. The third kappa shape index (κ3) is 2.58. The molecule has 7 heteroatoms. The molecule has 1 saturated heterocycles. The lowest BCUT2D eigenvalue weighted by Gasteiger charge is -2.39. The topological polar surface area (TPSA) is 72.5 Å². The van der Waals surface area contributed by atoms with Crippen molar-refractivity contribution in [3.8, 4) is 0 Å². The maximum Gasteiger partial charge on any atom is 0.352 e. The molecule has 3 aromatic rings. The van der Waals surface area contributed by atoms with E-state index >= 15 is 0 Å². The first-order valence-electron chi connectivity index (χ1n) is 9.13. The number of carbonyl (C=O) groups is 1. The molecule has 0 radical (unpaired) electrons. The predicted molar refractivity (Wildman–Crippen MR) is 99.1 cm³/mol. The maximum absolute atomic E-state index is 12.9. The van der Waals surface area contributed by atoms with Gasteiger partial charge in [0.25, 0.3) is 0 Å². The minimum atomic E-state index is -0.318. The molecule has 4 rings (SSSR count). The molecule has 7 nitrogen and oxygen atoms in total. The van der Waals surface area contributed by atoms with Crippen molar-refractivity contribution in [3.05, 3.63) is 40.6 Å². The summed E-state index contributed by atoms with van der Waals surface area (Å²) in [5.74, 6) is 0.521. The number of para-hydroxylation sites is 1. The number of amides is 1. The Kier molecular flexibility index (Phi) is 4.01. The summed E-state index contributed by atoms with van der Waals surface area (Å²) in [5.41, 5.74) is 1.02. The first-order chi connectivity index (χ1) is 12.5. The molecule has 3 heterocycles. The quantitative estimate of drug-likeness (QED) is 0.708. The number of likely N-dealkylation sites (tertiary alicyclic amines) is 1. The summed E-state index contributed by atoms with van der Waals surface area (Å²) in [6, 6.07) is 7.98. The second-order valence-corrected chi connectivity index (χ2v) is 7.21. The SMILES string of the molecule is Cc1nc2ccccc2c2nn(CC(=O)N3[C@H](C)CCC[C@@H]3C)c(=O)n12. The minimum absolute atomic E-state index is 0.0387. The number of aromatic nitrogens is 4. The molecule has 2 atom stereocenters. The molecule has 136 valence electrons. The van der Waals surface area contributed by atoms with Crippen LogP contribution in [-0.4, -0.2) is 42.1 Å². The average molecular weight is 353 g/mol. The second-order valence-electron chi connectivity index (χ2n) is 7.21. The number of carbonyl (C=O) groups excluding carboxylic acids is 1. The lowest BCUT2D eigenvalue weighted by atomic mass is 9.97. The van der Waals surface area contributed by atoms with Crippen LogP contribution in [0.1, 0.15) is 38.9 Å². The van der Waals surface area contributed by atoms with Crippen molar-refractivity contribution >= 4 is 22.5 Å². The van der Waals surface area contributed by atoms with Gasteiger partial charge in [0.1, 0.15) is 12.4 Å². The second kappa shape index (κ2) is 6.23. The van der Waals surface area contributed by atoms with E-state index in [4.69, 9.17) is 0 Å². The largest absolute Gasteiger partial charge is 0.352 e. The Labute approximate surface area is 151 Å². The number of nitrogens with zero attached hydrogens (tertiary/aromatic N) is 5. The third-order valence-electron chi connectivity index (χ3n) is 5.36. The lowest BCUT2D eigenvalue weighted by Crippen LogP contribution is -2.49. The zero-order valence-corrected chi connectivity index (χ0v) is 15.3. The normalized spacial score (nSPS) is 20.8. The van der Waals surface area contributed by atoms with Gasteiger partial charge >= 0.3 is 5.69 Å². The van der Waals surface area contributed by atoms with Gasteiger partial charge in [-0.25, -0.2) is 18.9 Å². The fraction of sp³-hybridized carbons (Fsp3) is 0.474.